The zero-order chi connectivity index (χ0) is 32.4. The van der Waals surface area contributed by atoms with E-state index in [-0.39, 0.29) is 59.7 Å². The van der Waals surface area contributed by atoms with Crippen LogP contribution in [0.15, 0.2) is 60.8 Å². The van der Waals surface area contributed by atoms with E-state index in [4.69, 9.17) is 14.6 Å². The van der Waals surface area contributed by atoms with Gasteiger partial charge in [0.15, 0.2) is 33.1 Å². The van der Waals surface area contributed by atoms with E-state index in [1.54, 1.807) is 25.4 Å². The fraction of sp³-hybridized carbons (Fsp3) is 0.303. The molecule has 0 spiro atoms. The van der Waals surface area contributed by atoms with Crippen molar-refractivity contribution in [1.29, 1.82) is 0 Å². The van der Waals surface area contributed by atoms with Crippen LogP contribution in [0.1, 0.15) is 47.9 Å². The van der Waals surface area contributed by atoms with Gasteiger partial charge in [-0.25, -0.2) is 26.9 Å². The average Bonchev–Trinajstić information content (AvgIpc) is 3.64. The van der Waals surface area contributed by atoms with Crippen LogP contribution in [-0.2, 0) is 39.3 Å². The number of fused-ring (bicyclic) bond motifs is 8. The average molecular weight is 651 g/mol. The highest BCUT2D eigenvalue weighted by molar-refractivity contribution is 7.91. The highest BCUT2D eigenvalue weighted by Crippen LogP contribution is 2.37. The molecule has 10 nitrogen and oxygen atoms in total. The summed E-state index contributed by atoms with van der Waals surface area (Å²) >= 11 is 0. The summed E-state index contributed by atoms with van der Waals surface area (Å²) in [4.78, 5) is 18.8. The number of hydrogen-bond acceptors (Lipinski definition) is 7. The van der Waals surface area contributed by atoms with Gasteiger partial charge in [0.05, 0.1) is 17.1 Å². The smallest absolute Gasteiger partial charge is 0.303 e. The van der Waals surface area contributed by atoms with Crippen molar-refractivity contribution in [3.8, 4) is 22.9 Å². The van der Waals surface area contributed by atoms with Gasteiger partial charge < -0.3 is 19.6 Å². The van der Waals surface area contributed by atoms with Gasteiger partial charge in [0.1, 0.15) is 17.7 Å². The molecule has 13 heteroatoms. The van der Waals surface area contributed by atoms with Crippen LogP contribution in [0.4, 0.5) is 8.78 Å². The van der Waals surface area contributed by atoms with Crippen molar-refractivity contribution in [2.75, 3.05) is 18.1 Å². The van der Waals surface area contributed by atoms with Crippen LogP contribution >= 0.6 is 0 Å². The van der Waals surface area contributed by atoms with E-state index in [0.717, 1.165) is 5.56 Å². The van der Waals surface area contributed by atoms with Crippen molar-refractivity contribution in [2.24, 2.45) is 7.05 Å². The Balaban J connectivity index is 1.43. The summed E-state index contributed by atoms with van der Waals surface area (Å²) in [6.07, 6.45) is 1.88. The Kier molecular flexibility index (Phi) is 8.87. The van der Waals surface area contributed by atoms with Crippen molar-refractivity contribution in [1.82, 2.24) is 19.7 Å². The number of nitrogens with zero attached hydrogens (tertiary/aromatic N) is 3. The number of benzene rings is 3. The molecule has 1 unspecified atom stereocenters. The first-order chi connectivity index (χ1) is 22.1. The van der Waals surface area contributed by atoms with E-state index >= 15 is 8.78 Å². The first-order valence-electron chi connectivity index (χ1n) is 14.9. The molecule has 0 saturated heterocycles. The zero-order valence-electron chi connectivity index (χ0n) is 25.0. The highest BCUT2D eigenvalue weighted by atomic mass is 32.2. The summed E-state index contributed by atoms with van der Waals surface area (Å²) in [6.45, 7) is 0.183. The summed E-state index contributed by atoms with van der Waals surface area (Å²) in [5, 5.41) is 14.3. The second kappa shape index (κ2) is 13.0. The lowest BCUT2D eigenvalue weighted by molar-refractivity contribution is -0.136. The molecule has 0 amide bonds. The van der Waals surface area contributed by atoms with Crippen LogP contribution in [0.5, 0.6) is 11.5 Å². The number of aliphatic carboxylic acids is 1. The molecular weight excluding hydrogens is 618 g/mol. The maximum atomic E-state index is 15.5. The van der Waals surface area contributed by atoms with Crippen molar-refractivity contribution >= 4 is 26.7 Å². The van der Waals surface area contributed by atoms with Crippen molar-refractivity contribution in [3.05, 3.63) is 94.9 Å². The third kappa shape index (κ3) is 6.80. The maximum Gasteiger partial charge on any atom is 0.303 e. The minimum absolute atomic E-state index is 0.0151. The third-order valence-corrected chi connectivity index (χ3v) is 9.69. The quantitative estimate of drug-likeness (QED) is 0.245. The molecule has 5 aromatic rings. The van der Waals surface area contributed by atoms with E-state index in [0.29, 0.717) is 41.3 Å². The number of sulfone groups is 1. The van der Waals surface area contributed by atoms with Crippen LogP contribution < -0.4 is 4.74 Å². The normalized spacial score (nSPS) is 17.1. The first kappa shape index (κ1) is 31.4. The van der Waals surface area contributed by atoms with E-state index in [9.17, 15) is 13.2 Å². The zero-order valence-corrected chi connectivity index (χ0v) is 25.8. The number of ether oxygens (including phenoxy) is 2. The van der Waals surface area contributed by atoms with Crippen LogP contribution in [-0.4, -0.2) is 57.4 Å². The number of aromatic amines is 1. The van der Waals surface area contributed by atoms with E-state index < -0.39 is 33.5 Å². The number of H-pyrrole nitrogens is 1. The summed E-state index contributed by atoms with van der Waals surface area (Å²) < 4.78 is 70.7. The Hall–Kier alpha value is -4.62. The van der Waals surface area contributed by atoms with Gasteiger partial charge in [-0.3, -0.25) is 4.79 Å². The van der Waals surface area contributed by atoms with Gasteiger partial charge in [-0.1, -0.05) is 24.3 Å². The Bertz CT molecular complexity index is 2020. The molecule has 1 atom stereocenters. The van der Waals surface area contributed by atoms with E-state index in [2.05, 4.69) is 15.1 Å². The number of carbonyl (C=O) groups is 1. The molecule has 2 N–H and O–H groups in total. The molecule has 1 aliphatic heterocycles. The lowest BCUT2D eigenvalue weighted by Crippen LogP contribution is -2.15. The van der Waals surface area contributed by atoms with Gasteiger partial charge in [0, 0.05) is 48.8 Å². The molecule has 4 bridgehead atoms. The predicted molar refractivity (Wildman–Crippen MR) is 167 cm³/mol. The maximum absolute atomic E-state index is 15.5. The molecule has 3 aromatic carbocycles. The van der Waals surface area contributed by atoms with Crippen LogP contribution in [0.3, 0.4) is 0 Å². The van der Waals surface area contributed by atoms with Crippen LogP contribution in [0.25, 0.3) is 22.3 Å². The number of carboxylic acid groups (broad SMARTS) is 1. The molecule has 46 heavy (non-hydrogen) atoms. The number of aromatic nitrogens is 4. The fourth-order valence-electron chi connectivity index (χ4n) is 5.66. The molecular formula is C33H32F2N4O6S. The Labute approximate surface area is 263 Å². The monoisotopic (exact) mass is 650 g/mol. The second-order valence-electron chi connectivity index (χ2n) is 11.3. The predicted octanol–water partition coefficient (Wildman–Crippen LogP) is 5.91. The van der Waals surface area contributed by atoms with E-state index in [1.807, 2.05) is 18.2 Å². The highest BCUT2D eigenvalue weighted by Gasteiger charge is 2.25. The van der Waals surface area contributed by atoms with Gasteiger partial charge in [-0.15, -0.1) is 0 Å². The number of hydrogen-bond donors (Lipinski definition) is 2. The van der Waals surface area contributed by atoms with Crippen LogP contribution in [0, 0.1) is 11.6 Å². The second-order valence-corrected chi connectivity index (χ2v) is 13.6. The molecule has 0 aliphatic carbocycles. The first-order valence-corrected chi connectivity index (χ1v) is 16.7. The number of aryl methyl sites for hydroxylation is 3. The molecule has 0 saturated carbocycles. The fourth-order valence-corrected chi connectivity index (χ4v) is 7.02. The molecule has 0 radical (unpaired) electrons. The molecule has 2 aromatic heterocycles. The molecule has 6 rings (SSSR count). The van der Waals surface area contributed by atoms with E-state index in [1.165, 1.54) is 28.9 Å². The van der Waals surface area contributed by atoms with Gasteiger partial charge in [-0.2, -0.15) is 5.10 Å². The van der Waals surface area contributed by atoms with Crippen molar-refractivity contribution < 1.29 is 36.6 Å². The van der Waals surface area contributed by atoms with Crippen molar-refractivity contribution in [3.63, 3.8) is 0 Å². The number of halogens is 2. The number of carboxylic acids is 1. The Morgan fingerprint density at radius 2 is 1.93 bits per heavy atom. The lowest BCUT2D eigenvalue weighted by Gasteiger charge is -2.17. The summed E-state index contributed by atoms with van der Waals surface area (Å²) in [7, 11) is -1.91. The molecule has 1 aliphatic rings. The SMILES string of the molecule is Cn1nc2nc1-c1cc(ccc1F)Oc1c(F)cc3[nH]ccc3c1CCS(=O)(=O)CCCCOC2c1cccc(CCC(=O)O)c1. The minimum atomic E-state index is -3.52. The molecule has 3 heterocycles. The van der Waals surface area contributed by atoms with Crippen molar-refractivity contribution in [2.45, 2.75) is 38.2 Å². The minimum Gasteiger partial charge on any atom is -0.481 e. The third-order valence-electron chi connectivity index (χ3n) is 7.96. The summed E-state index contributed by atoms with van der Waals surface area (Å²) in [5.41, 5.74) is 2.41. The van der Waals surface area contributed by atoms with Gasteiger partial charge in [0.25, 0.3) is 0 Å². The largest absolute Gasteiger partial charge is 0.481 e. The van der Waals surface area contributed by atoms with Gasteiger partial charge >= 0.3 is 5.97 Å². The number of rotatable bonds is 4. The topological polar surface area (TPSA) is 136 Å². The standard InChI is InChI=1S/C33H32F2N4O6S/c1-39-33-25-18-22(8-9-26(25)34)45-31-24(23-11-13-36-28(23)19-27(31)35)12-16-46(42,43)15-3-2-14-44-30(32(37-33)38-39)21-6-4-5-20(17-21)7-10-29(40)41/h4-6,8-9,11,13,17-19,30,36H,2-3,7,10,12,14-16H2,1H3,(H,40,41). The Morgan fingerprint density at radius 1 is 1.09 bits per heavy atom. The summed E-state index contributed by atoms with van der Waals surface area (Å²) in [6, 6.07) is 14.2. The van der Waals surface area contributed by atoms with Crippen LogP contribution in [0.2, 0.25) is 0 Å². The Morgan fingerprint density at radius 3 is 2.76 bits per heavy atom. The molecule has 0 fully saturated rings. The van der Waals surface area contributed by atoms with Gasteiger partial charge in [0.2, 0.25) is 0 Å². The lowest BCUT2D eigenvalue weighted by atomic mass is 10.0. The number of nitrogens with one attached hydrogen (secondary N) is 1. The summed E-state index contributed by atoms with van der Waals surface area (Å²) in [5.74, 6) is -2.09. The molecule has 240 valence electrons. The van der Waals surface area contributed by atoms with Gasteiger partial charge in [-0.05, 0) is 61.1 Å².